The van der Waals surface area contributed by atoms with Gasteiger partial charge >= 0.3 is 0 Å². The maximum Gasteiger partial charge on any atom is 0.223 e. The molecule has 0 bridgehead atoms. The lowest BCUT2D eigenvalue weighted by Gasteiger charge is -2.32. The minimum absolute atomic E-state index is 0.0120. The maximum atomic E-state index is 12.7. The maximum absolute atomic E-state index is 12.7. The van der Waals surface area contributed by atoms with Crippen molar-refractivity contribution in [1.82, 2.24) is 10.3 Å². The zero-order chi connectivity index (χ0) is 23.3. The van der Waals surface area contributed by atoms with Crippen LogP contribution in [0.1, 0.15) is 25.7 Å². The van der Waals surface area contributed by atoms with E-state index in [1.807, 2.05) is 24.3 Å². The Morgan fingerprint density at radius 2 is 1.70 bits per heavy atom. The summed E-state index contributed by atoms with van der Waals surface area (Å²) in [6.07, 6.45) is 6.33. The van der Waals surface area contributed by atoms with Crippen LogP contribution in [0.15, 0.2) is 65.8 Å². The van der Waals surface area contributed by atoms with Crippen molar-refractivity contribution in [2.24, 2.45) is 5.92 Å². The fourth-order valence-corrected chi connectivity index (χ4v) is 5.82. The molecule has 1 aliphatic rings. The predicted octanol–water partition coefficient (Wildman–Crippen LogP) is 4.47. The molecule has 1 amide bonds. The summed E-state index contributed by atoms with van der Waals surface area (Å²) in [6.45, 7) is 2.19. The van der Waals surface area contributed by atoms with Gasteiger partial charge in [0.2, 0.25) is 5.91 Å². The van der Waals surface area contributed by atoms with Gasteiger partial charge in [-0.05, 0) is 72.9 Å². The van der Waals surface area contributed by atoms with Gasteiger partial charge in [0.05, 0.1) is 10.6 Å². The van der Waals surface area contributed by atoms with E-state index >= 15 is 0 Å². The zero-order valence-corrected chi connectivity index (χ0v) is 20.0. The number of nitrogens with zero attached hydrogens (tertiary/aromatic N) is 2. The van der Waals surface area contributed by atoms with Gasteiger partial charge in [0, 0.05) is 48.7 Å². The van der Waals surface area contributed by atoms with Crippen LogP contribution in [0, 0.1) is 5.92 Å². The molecule has 0 atom stereocenters. The van der Waals surface area contributed by atoms with Crippen molar-refractivity contribution < 1.29 is 13.2 Å². The molecule has 2 aromatic carbocycles. The second-order valence-corrected chi connectivity index (χ2v) is 11.0. The number of hydrogen-bond acceptors (Lipinski definition) is 5. The van der Waals surface area contributed by atoms with Crippen LogP contribution in [0.25, 0.3) is 10.8 Å². The van der Waals surface area contributed by atoms with Crippen LogP contribution in [0.4, 0.5) is 5.69 Å². The zero-order valence-electron chi connectivity index (χ0n) is 18.4. The first-order chi connectivity index (χ1) is 15.9. The molecule has 2 heterocycles. The second-order valence-electron chi connectivity index (χ2n) is 8.44. The Balaban J connectivity index is 1.19. The third-order valence-corrected chi connectivity index (χ3v) is 8.20. The van der Waals surface area contributed by atoms with Crippen molar-refractivity contribution in [3.63, 3.8) is 0 Å². The average molecular weight is 486 g/mol. The number of nitrogens with one attached hydrogen (secondary N) is 1. The summed E-state index contributed by atoms with van der Waals surface area (Å²) >= 11 is 6.00. The van der Waals surface area contributed by atoms with Crippen LogP contribution in [-0.2, 0) is 14.6 Å². The summed E-state index contributed by atoms with van der Waals surface area (Å²) in [4.78, 5) is 19.1. The number of unbranched alkanes of at least 4 members (excludes halogenated alkanes) is 1. The first-order valence-corrected chi connectivity index (χ1v) is 13.3. The summed E-state index contributed by atoms with van der Waals surface area (Å²) in [5.74, 6) is 0.144. The standard InChI is InChI=1S/C25H28ClN3O3S/c26-22-5-3-21-18-24(6-4-20(21)17-22)33(31,32)16-2-1-11-28-25(30)19-9-14-29(15-10-19)23-7-12-27-13-8-23/h3-8,12-13,17-19H,1-2,9-11,14-16H2,(H,28,30). The second kappa shape index (κ2) is 10.5. The van der Waals surface area contributed by atoms with Crippen LogP contribution in [0.5, 0.6) is 0 Å². The molecule has 1 N–H and O–H groups in total. The molecule has 174 valence electrons. The van der Waals surface area contributed by atoms with Crippen molar-refractivity contribution >= 4 is 43.8 Å². The van der Waals surface area contributed by atoms with Gasteiger partial charge in [-0.15, -0.1) is 0 Å². The summed E-state index contributed by atoms with van der Waals surface area (Å²) in [7, 11) is -3.37. The summed E-state index contributed by atoms with van der Waals surface area (Å²) in [5, 5.41) is 5.37. The number of sulfone groups is 1. The monoisotopic (exact) mass is 485 g/mol. The number of amides is 1. The lowest BCUT2D eigenvalue weighted by molar-refractivity contribution is -0.125. The van der Waals surface area contributed by atoms with Gasteiger partial charge in [0.1, 0.15) is 0 Å². The van der Waals surface area contributed by atoms with Crippen LogP contribution in [-0.4, -0.2) is 44.7 Å². The fourth-order valence-electron chi connectivity index (χ4n) is 4.23. The topological polar surface area (TPSA) is 79.4 Å². The lowest BCUT2D eigenvalue weighted by Crippen LogP contribution is -2.40. The molecule has 6 nitrogen and oxygen atoms in total. The Hall–Kier alpha value is -2.64. The van der Waals surface area contributed by atoms with Crippen LogP contribution >= 0.6 is 11.6 Å². The van der Waals surface area contributed by atoms with Gasteiger partial charge in [-0.3, -0.25) is 9.78 Å². The van der Waals surface area contributed by atoms with E-state index in [1.54, 1.807) is 36.7 Å². The van der Waals surface area contributed by atoms with Crippen molar-refractivity contribution in [3.05, 3.63) is 65.9 Å². The number of piperidine rings is 1. The molecule has 0 spiro atoms. The summed E-state index contributed by atoms with van der Waals surface area (Å²) in [6, 6.07) is 14.5. The Morgan fingerprint density at radius 1 is 1.00 bits per heavy atom. The number of halogens is 1. The third kappa shape index (κ3) is 6.03. The van der Waals surface area contributed by atoms with Gasteiger partial charge < -0.3 is 10.2 Å². The van der Waals surface area contributed by atoms with Crippen LogP contribution in [0.3, 0.4) is 0 Å². The van der Waals surface area contributed by atoms with Crippen molar-refractivity contribution in [3.8, 4) is 0 Å². The molecule has 1 saturated heterocycles. The lowest BCUT2D eigenvalue weighted by atomic mass is 9.95. The van der Waals surface area contributed by atoms with E-state index in [1.165, 1.54) is 0 Å². The number of carbonyl (C=O) groups is 1. The first-order valence-electron chi connectivity index (χ1n) is 11.3. The van der Waals surface area contributed by atoms with E-state index in [4.69, 9.17) is 11.6 Å². The Morgan fingerprint density at radius 3 is 2.45 bits per heavy atom. The number of anilines is 1. The van der Waals surface area contributed by atoms with Crippen LogP contribution in [0.2, 0.25) is 5.02 Å². The third-order valence-electron chi connectivity index (χ3n) is 6.17. The van der Waals surface area contributed by atoms with Gasteiger partial charge in [0.15, 0.2) is 9.84 Å². The highest BCUT2D eigenvalue weighted by atomic mass is 35.5. The number of pyridine rings is 1. The number of hydrogen-bond donors (Lipinski definition) is 1. The number of fused-ring (bicyclic) bond motifs is 1. The van der Waals surface area contributed by atoms with E-state index in [-0.39, 0.29) is 17.6 Å². The van der Waals surface area contributed by atoms with Gasteiger partial charge in [-0.25, -0.2) is 8.42 Å². The van der Waals surface area contributed by atoms with E-state index < -0.39 is 9.84 Å². The molecular formula is C25H28ClN3O3S. The van der Waals surface area contributed by atoms with Crippen molar-refractivity contribution in [2.75, 3.05) is 30.3 Å². The summed E-state index contributed by atoms with van der Waals surface area (Å²) < 4.78 is 25.4. The minimum Gasteiger partial charge on any atom is -0.371 e. The van der Waals surface area contributed by atoms with E-state index in [0.29, 0.717) is 29.3 Å². The van der Waals surface area contributed by atoms with Gasteiger partial charge in [-0.2, -0.15) is 0 Å². The minimum atomic E-state index is -3.37. The van der Waals surface area contributed by atoms with E-state index in [2.05, 4.69) is 15.2 Å². The number of benzene rings is 2. The number of aromatic nitrogens is 1. The van der Waals surface area contributed by atoms with E-state index in [0.717, 1.165) is 42.4 Å². The van der Waals surface area contributed by atoms with Crippen molar-refractivity contribution in [2.45, 2.75) is 30.6 Å². The Bertz CT molecular complexity index is 1210. The van der Waals surface area contributed by atoms with E-state index in [9.17, 15) is 13.2 Å². The normalized spacial score (nSPS) is 15.0. The molecule has 33 heavy (non-hydrogen) atoms. The largest absolute Gasteiger partial charge is 0.371 e. The van der Waals surface area contributed by atoms with Gasteiger partial charge in [-0.1, -0.05) is 23.7 Å². The molecule has 3 aromatic rings. The van der Waals surface area contributed by atoms with Crippen LogP contribution < -0.4 is 10.2 Å². The molecule has 0 saturated carbocycles. The Labute approximate surface area is 199 Å². The highest BCUT2D eigenvalue weighted by Gasteiger charge is 2.25. The smallest absolute Gasteiger partial charge is 0.223 e. The molecule has 0 radical (unpaired) electrons. The van der Waals surface area contributed by atoms with Gasteiger partial charge in [0.25, 0.3) is 0 Å². The fraction of sp³-hybridized carbons (Fsp3) is 0.360. The number of rotatable bonds is 8. The molecule has 4 rings (SSSR count). The molecule has 1 fully saturated rings. The molecule has 8 heteroatoms. The first kappa shape index (κ1) is 23.5. The summed E-state index contributed by atoms with van der Waals surface area (Å²) in [5.41, 5.74) is 1.14. The highest BCUT2D eigenvalue weighted by molar-refractivity contribution is 7.91. The molecular weight excluding hydrogens is 458 g/mol. The average Bonchev–Trinajstić information content (AvgIpc) is 2.84. The molecule has 0 aliphatic carbocycles. The molecule has 1 aliphatic heterocycles. The SMILES string of the molecule is O=C(NCCCCS(=O)(=O)c1ccc2cc(Cl)ccc2c1)C1CCN(c2ccncc2)CC1. The Kier molecular flexibility index (Phi) is 7.50. The number of carbonyl (C=O) groups excluding carboxylic acids is 1. The molecule has 1 aromatic heterocycles. The quantitative estimate of drug-likeness (QED) is 0.476. The molecule has 0 unspecified atom stereocenters. The predicted molar refractivity (Wildman–Crippen MR) is 132 cm³/mol. The van der Waals surface area contributed by atoms with Crippen molar-refractivity contribution in [1.29, 1.82) is 0 Å². The highest BCUT2D eigenvalue weighted by Crippen LogP contribution is 2.24.